The van der Waals surface area contributed by atoms with E-state index in [4.69, 9.17) is 0 Å². The quantitative estimate of drug-likeness (QED) is 0.453. The highest BCUT2D eigenvalue weighted by atomic mass is 32.2. The number of aliphatic hydroxyl groups is 2. The first kappa shape index (κ1) is 19.2. The van der Waals surface area contributed by atoms with Crippen molar-refractivity contribution < 1.29 is 18.6 Å². The van der Waals surface area contributed by atoms with E-state index < -0.39 is 15.4 Å². The van der Waals surface area contributed by atoms with Crippen molar-refractivity contribution >= 4 is 31.9 Å². The Morgan fingerprint density at radius 2 is 1.90 bits per heavy atom. The topological polar surface area (TPSA) is 134 Å². The van der Waals surface area contributed by atoms with Gasteiger partial charge in [0.15, 0.2) is 10.5 Å². The minimum atomic E-state index is -3.89. The smallest absolute Gasteiger partial charge is 0.226 e. The van der Waals surface area contributed by atoms with Gasteiger partial charge in [0.05, 0.1) is 23.1 Å². The maximum atomic E-state index is 13.3. The van der Waals surface area contributed by atoms with Crippen molar-refractivity contribution in [2.24, 2.45) is 0 Å². The van der Waals surface area contributed by atoms with Crippen molar-refractivity contribution in [3.05, 3.63) is 42.6 Å². The Kier molecular flexibility index (Phi) is 4.38. The van der Waals surface area contributed by atoms with E-state index >= 15 is 0 Å². The molecule has 0 radical (unpaired) electrons. The Morgan fingerprint density at radius 1 is 1.17 bits per heavy atom. The van der Waals surface area contributed by atoms with E-state index in [1.165, 1.54) is 12.1 Å². The van der Waals surface area contributed by atoms with E-state index in [1.807, 2.05) is 6.07 Å². The number of hydrogen-bond donors (Lipinski definition) is 3. The monoisotopic (exact) mass is 427 g/mol. The summed E-state index contributed by atoms with van der Waals surface area (Å²) in [7, 11) is -3.89. The summed E-state index contributed by atoms with van der Waals surface area (Å²) in [6, 6.07) is 9.91. The maximum absolute atomic E-state index is 13.3. The molecule has 1 aliphatic rings. The second kappa shape index (κ2) is 6.86. The Bertz CT molecular complexity index is 1320. The van der Waals surface area contributed by atoms with Crippen LogP contribution in [-0.4, -0.2) is 55.8 Å². The van der Waals surface area contributed by atoms with Crippen LogP contribution < -0.4 is 0 Å². The van der Waals surface area contributed by atoms with Gasteiger partial charge in [-0.3, -0.25) is 0 Å². The van der Waals surface area contributed by atoms with Crippen molar-refractivity contribution in [3.8, 4) is 0 Å². The minimum absolute atomic E-state index is 0.0606. The number of benzene rings is 1. The zero-order valence-corrected chi connectivity index (χ0v) is 16.9. The molecule has 0 atom stereocenters. The number of rotatable bonds is 4. The third kappa shape index (κ3) is 2.91. The predicted molar refractivity (Wildman–Crippen MR) is 109 cm³/mol. The second-order valence-corrected chi connectivity index (χ2v) is 9.68. The summed E-state index contributed by atoms with van der Waals surface area (Å²) in [5.41, 5.74) is 0.215. The molecule has 0 saturated heterocycles. The number of nitrogens with one attached hydrogen (secondary N) is 1. The third-order valence-electron chi connectivity index (χ3n) is 5.92. The van der Waals surface area contributed by atoms with Gasteiger partial charge in [0.1, 0.15) is 11.2 Å². The van der Waals surface area contributed by atoms with E-state index in [1.54, 1.807) is 29.1 Å². The van der Waals surface area contributed by atoms with Gasteiger partial charge in [0, 0.05) is 11.6 Å². The summed E-state index contributed by atoms with van der Waals surface area (Å²) in [5.74, 6) is 0. The molecule has 0 unspecified atom stereocenters. The number of H-pyrrole nitrogens is 1. The Hall–Kier alpha value is -2.82. The number of pyridine rings is 1. The van der Waals surface area contributed by atoms with Crippen LogP contribution in [0.2, 0.25) is 0 Å². The standard InChI is InChI=1S/C20H21N5O4S/c26-12-20(27)9-6-13(7-10-20)25-17-15-8-11-21-18(15)22-19(16(17)23-24-25)30(28,29)14-4-2-1-3-5-14/h1-5,8,11,13,26-27H,6-7,9-10,12H2,(H,21,22). The lowest BCUT2D eigenvalue weighted by Crippen LogP contribution is -2.38. The second-order valence-electron chi connectivity index (χ2n) is 7.82. The molecule has 3 N–H and O–H groups in total. The van der Waals surface area contributed by atoms with Crippen LogP contribution in [0.25, 0.3) is 22.1 Å². The average molecular weight is 427 g/mol. The molecule has 30 heavy (non-hydrogen) atoms. The van der Waals surface area contributed by atoms with Crippen molar-refractivity contribution in [1.29, 1.82) is 0 Å². The first-order chi connectivity index (χ1) is 14.4. The summed E-state index contributed by atoms with van der Waals surface area (Å²) >= 11 is 0. The zero-order valence-electron chi connectivity index (χ0n) is 16.1. The van der Waals surface area contributed by atoms with Crippen LogP contribution in [-0.2, 0) is 9.84 Å². The van der Waals surface area contributed by atoms with Crippen LogP contribution in [0.1, 0.15) is 31.7 Å². The fourth-order valence-corrected chi connectivity index (χ4v) is 5.53. The highest BCUT2D eigenvalue weighted by molar-refractivity contribution is 7.91. The van der Waals surface area contributed by atoms with Gasteiger partial charge >= 0.3 is 0 Å². The van der Waals surface area contributed by atoms with Crippen LogP contribution in [0.5, 0.6) is 0 Å². The van der Waals surface area contributed by atoms with Gasteiger partial charge in [0.2, 0.25) is 9.84 Å². The Labute approximate surface area is 172 Å². The lowest BCUT2D eigenvalue weighted by atomic mass is 9.83. The first-order valence-electron chi connectivity index (χ1n) is 9.78. The van der Waals surface area contributed by atoms with Gasteiger partial charge in [-0.05, 0) is 43.9 Å². The highest BCUT2D eigenvalue weighted by Crippen LogP contribution is 2.38. The van der Waals surface area contributed by atoms with Crippen molar-refractivity contribution in [1.82, 2.24) is 25.0 Å². The highest BCUT2D eigenvalue weighted by Gasteiger charge is 2.35. The van der Waals surface area contributed by atoms with Gasteiger partial charge in [-0.1, -0.05) is 23.4 Å². The normalized spacial score (nSPS) is 22.7. The number of hydrogen-bond acceptors (Lipinski definition) is 7. The lowest BCUT2D eigenvalue weighted by Gasteiger charge is -2.34. The molecule has 0 bridgehead atoms. The number of nitrogens with zero attached hydrogens (tertiary/aromatic N) is 4. The van der Waals surface area contributed by atoms with Crippen LogP contribution in [0, 0.1) is 0 Å². The summed E-state index contributed by atoms with van der Waals surface area (Å²) in [5, 5.41) is 28.9. The van der Waals surface area contributed by atoms with Gasteiger partial charge in [0.25, 0.3) is 0 Å². The van der Waals surface area contributed by atoms with Gasteiger partial charge in [-0.25, -0.2) is 18.1 Å². The number of aromatic nitrogens is 5. The van der Waals surface area contributed by atoms with E-state index in [0.29, 0.717) is 36.8 Å². The molecular weight excluding hydrogens is 406 g/mol. The molecule has 9 nitrogen and oxygen atoms in total. The van der Waals surface area contributed by atoms with E-state index in [-0.39, 0.29) is 28.1 Å². The Balaban J connectivity index is 1.68. The molecule has 1 saturated carbocycles. The van der Waals surface area contributed by atoms with Gasteiger partial charge in [-0.15, -0.1) is 5.10 Å². The van der Waals surface area contributed by atoms with Crippen molar-refractivity contribution in [2.45, 2.75) is 47.2 Å². The zero-order chi connectivity index (χ0) is 20.9. The molecule has 1 fully saturated rings. The molecule has 1 aromatic carbocycles. The molecule has 0 aliphatic heterocycles. The van der Waals surface area contributed by atoms with E-state index in [9.17, 15) is 18.6 Å². The van der Waals surface area contributed by atoms with Crippen LogP contribution >= 0.6 is 0 Å². The molecule has 5 rings (SSSR count). The number of sulfone groups is 1. The molecule has 10 heteroatoms. The summed E-state index contributed by atoms with van der Waals surface area (Å²) in [4.78, 5) is 7.52. The third-order valence-corrected chi connectivity index (χ3v) is 7.61. The molecule has 156 valence electrons. The Morgan fingerprint density at radius 3 is 2.60 bits per heavy atom. The minimum Gasteiger partial charge on any atom is -0.393 e. The van der Waals surface area contributed by atoms with E-state index in [0.717, 1.165) is 5.39 Å². The fraction of sp³-hybridized carbons (Fsp3) is 0.350. The first-order valence-corrected chi connectivity index (χ1v) is 11.3. The maximum Gasteiger partial charge on any atom is 0.226 e. The van der Waals surface area contributed by atoms with Gasteiger partial charge in [-0.2, -0.15) is 0 Å². The molecule has 4 aromatic rings. The van der Waals surface area contributed by atoms with Gasteiger partial charge < -0.3 is 15.2 Å². The van der Waals surface area contributed by atoms with E-state index in [2.05, 4.69) is 20.3 Å². The SMILES string of the molecule is O=S(=O)(c1ccccc1)c1nc2[nH]ccc2c2c1nnn2C1CCC(O)(CO)CC1. The predicted octanol–water partition coefficient (Wildman–Crippen LogP) is 1.98. The van der Waals surface area contributed by atoms with Crippen molar-refractivity contribution in [3.63, 3.8) is 0 Å². The number of fused-ring (bicyclic) bond motifs is 3. The van der Waals surface area contributed by atoms with Crippen LogP contribution in [0.15, 0.2) is 52.5 Å². The molecule has 1 aliphatic carbocycles. The average Bonchev–Trinajstić information content (AvgIpc) is 3.41. The molecule has 3 aromatic heterocycles. The van der Waals surface area contributed by atoms with Crippen LogP contribution in [0.4, 0.5) is 0 Å². The summed E-state index contributed by atoms with van der Waals surface area (Å²) in [6.45, 7) is -0.275. The largest absolute Gasteiger partial charge is 0.393 e. The van der Waals surface area contributed by atoms with Crippen LogP contribution in [0.3, 0.4) is 0 Å². The summed E-state index contributed by atoms with van der Waals surface area (Å²) in [6.07, 6.45) is 3.78. The molecular formula is C20H21N5O4S. The lowest BCUT2D eigenvalue weighted by molar-refractivity contribution is -0.0508. The molecule has 0 amide bonds. The molecule has 3 heterocycles. The summed E-state index contributed by atoms with van der Waals surface area (Å²) < 4.78 is 28.4. The number of aromatic amines is 1. The fourth-order valence-electron chi connectivity index (χ4n) is 4.18. The van der Waals surface area contributed by atoms with Crippen molar-refractivity contribution in [2.75, 3.05) is 6.61 Å². The molecule has 0 spiro atoms. The number of aliphatic hydroxyl groups excluding tert-OH is 1.